The third kappa shape index (κ3) is 5.10. The van der Waals surface area contributed by atoms with Gasteiger partial charge in [0.2, 0.25) is 0 Å². The first-order valence-electron chi connectivity index (χ1n) is 9.72. The van der Waals surface area contributed by atoms with Crippen LogP contribution in [0, 0.1) is 5.92 Å². The minimum absolute atomic E-state index is 0.163. The Labute approximate surface area is 161 Å². The number of unbranched alkanes of at least 4 members (excludes halogenated alkanes) is 1. The number of Topliss-reactive ketones (excluding diaryl/α,β-unsaturated/α-hetero) is 1. The lowest BCUT2D eigenvalue weighted by molar-refractivity contribution is -0.113. The molecule has 3 rings (SSSR count). The molecular weight excluding hydrogens is 332 g/mol. The van der Waals surface area contributed by atoms with Gasteiger partial charge in [-0.3, -0.25) is 4.79 Å². The standard InChI is InChI=1S/C24H28N2O/c1-2-3-4-19-15-20(13-17-5-9-22(25)10-6-17)24(27)21(16-19)14-18-7-11-23(26)12-8-18/h5-14,19H,2-4,15-16,25-26H2,1H3. The summed E-state index contributed by atoms with van der Waals surface area (Å²) in [5, 5.41) is 0. The van der Waals surface area contributed by atoms with E-state index in [1.165, 1.54) is 12.8 Å². The maximum Gasteiger partial charge on any atom is 0.185 e. The van der Waals surface area contributed by atoms with E-state index < -0.39 is 0 Å². The smallest absolute Gasteiger partial charge is 0.185 e. The number of rotatable bonds is 5. The van der Waals surface area contributed by atoms with Crippen molar-refractivity contribution in [2.24, 2.45) is 5.92 Å². The number of nitrogens with two attached hydrogens (primary N) is 2. The summed E-state index contributed by atoms with van der Waals surface area (Å²) in [7, 11) is 0. The summed E-state index contributed by atoms with van der Waals surface area (Å²) in [5.41, 5.74) is 16.9. The van der Waals surface area contributed by atoms with Crippen molar-refractivity contribution in [1.29, 1.82) is 0 Å². The van der Waals surface area contributed by atoms with Gasteiger partial charge in [0.25, 0.3) is 0 Å². The Morgan fingerprint density at radius 1 is 0.852 bits per heavy atom. The molecule has 1 saturated carbocycles. The van der Waals surface area contributed by atoms with Crippen LogP contribution in [0.25, 0.3) is 12.2 Å². The van der Waals surface area contributed by atoms with E-state index >= 15 is 0 Å². The monoisotopic (exact) mass is 360 g/mol. The topological polar surface area (TPSA) is 69.1 Å². The molecule has 0 bridgehead atoms. The molecule has 0 atom stereocenters. The van der Waals surface area contributed by atoms with Crippen LogP contribution in [-0.4, -0.2) is 5.78 Å². The SMILES string of the molecule is CCCCC1CC(=Cc2ccc(N)cc2)C(=O)C(=Cc2ccc(N)cc2)C1. The molecule has 0 saturated heterocycles. The Morgan fingerprint density at radius 2 is 1.30 bits per heavy atom. The van der Waals surface area contributed by atoms with E-state index in [4.69, 9.17) is 11.5 Å². The number of carbonyl (C=O) groups excluding carboxylic acids is 1. The lowest BCUT2D eigenvalue weighted by Gasteiger charge is -2.26. The fourth-order valence-corrected chi connectivity index (χ4v) is 3.62. The predicted octanol–water partition coefficient (Wildman–Crippen LogP) is 5.49. The molecule has 1 aliphatic carbocycles. The molecule has 2 aromatic carbocycles. The molecule has 1 fully saturated rings. The highest BCUT2D eigenvalue weighted by Crippen LogP contribution is 2.35. The third-order valence-electron chi connectivity index (χ3n) is 5.12. The minimum Gasteiger partial charge on any atom is -0.399 e. The Bertz CT molecular complexity index is 777. The molecule has 0 aliphatic heterocycles. The van der Waals surface area contributed by atoms with Gasteiger partial charge in [-0.2, -0.15) is 0 Å². The number of nitrogen functional groups attached to an aromatic ring is 2. The van der Waals surface area contributed by atoms with Crippen LogP contribution in [0.5, 0.6) is 0 Å². The quantitative estimate of drug-likeness (QED) is 0.547. The second kappa shape index (κ2) is 8.72. The maximum atomic E-state index is 13.1. The number of benzene rings is 2. The van der Waals surface area contributed by atoms with Crippen molar-refractivity contribution in [3.8, 4) is 0 Å². The van der Waals surface area contributed by atoms with Crippen molar-refractivity contribution in [3.63, 3.8) is 0 Å². The Hall–Kier alpha value is -2.81. The number of hydrogen-bond donors (Lipinski definition) is 2. The maximum absolute atomic E-state index is 13.1. The van der Waals surface area contributed by atoms with E-state index in [-0.39, 0.29) is 5.78 Å². The van der Waals surface area contributed by atoms with Crippen LogP contribution in [0.2, 0.25) is 0 Å². The van der Waals surface area contributed by atoms with Gasteiger partial charge < -0.3 is 11.5 Å². The second-order valence-electron chi connectivity index (χ2n) is 7.42. The van der Waals surface area contributed by atoms with E-state index in [2.05, 4.69) is 6.92 Å². The van der Waals surface area contributed by atoms with Crippen LogP contribution < -0.4 is 11.5 Å². The molecule has 0 aromatic heterocycles. The van der Waals surface area contributed by atoms with Gasteiger partial charge in [0.1, 0.15) is 0 Å². The fraction of sp³-hybridized carbons (Fsp3) is 0.292. The predicted molar refractivity (Wildman–Crippen MR) is 115 cm³/mol. The summed E-state index contributed by atoms with van der Waals surface area (Å²) >= 11 is 0. The molecule has 1 aliphatic rings. The van der Waals surface area contributed by atoms with Gasteiger partial charge in [-0.25, -0.2) is 0 Å². The van der Waals surface area contributed by atoms with Crippen LogP contribution >= 0.6 is 0 Å². The van der Waals surface area contributed by atoms with Gasteiger partial charge >= 0.3 is 0 Å². The molecule has 0 spiro atoms. The van der Waals surface area contributed by atoms with Crippen molar-refractivity contribution in [2.75, 3.05) is 11.5 Å². The van der Waals surface area contributed by atoms with Crippen molar-refractivity contribution >= 4 is 29.3 Å². The number of ketones is 1. The number of hydrogen-bond acceptors (Lipinski definition) is 3. The Kier molecular flexibility index (Phi) is 6.12. The third-order valence-corrected chi connectivity index (χ3v) is 5.12. The molecule has 27 heavy (non-hydrogen) atoms. The normalized spacial score (nSPS) is 20.3. The Morgan fingerprint density at radius 3 is 1.70 bits per heavy atom. The fourth-order valence-electron chi connectivity index (χ4n) is 3.62. The summed E-state index contributed by atoms with van der Waals surface area (Å²) in [6, 6.07) is 15.4. The average molecular weight is 361 g/mol. The molecule has 2 aromatic rings. The highest BCUT2D eigenvalue weighted by molar-refractivity contribution is 6.14. The van der Waals surface area contributed by atoms with E-state index in [0.717, 1.165) is 52.9 Å². The van der Waals surface area contributed by atoms with Gasteiger partial charge in [-0.15, -0.1) is 0 Å². The highest BCUT2D eigenvalue weighted by Gasteiger charge is 2.27. The van der Waals surface area contributed by atoms with E-state index in [0.29, 0.717) is 5.92 Å². The zero-order valence-corrected chi connectivity index (χ0v) is 15.9. The van der Waals surface area contributed by atoms with Gasteiger partial charge in [0.05, 0.1) is 0 Å². The zero-order chi connectivity index (χ0) is 19.2. The van der Waals surface area contributed by atoms with E-state index in [9.17, 15) is 4.79 Å². The highest BCUT2D eigenvalue weighted by atomic mass is 16.1. The molecule has 0 radical (unpaired) electrons. The molecule has 0 amide bonds. The summed E-state index contributed by atoms with van der Waals surface area (Å²) in [4.78, 5) is 13.1. The second-order valence-corrected chi connectivity index (χ2v) is 7.42. The Balaban J connectivity index is 1.91. The average Bonchev–Trinajstić information content (AvgIpc) is 2.67. The first kappa shape index (κ1) is 19.0. The first-order chi connectivity index (χ1) is 13.0. The number of anilines is 2. The van der Waals surface area contributed by atoms with Crippen LogP contribution in [0.3, 0.4) is 0 Å². The van der Waals surface area contributed by atoms with Crippen LogP contribution in [0.4, 0.5) is 11.4 Å². The summed E-state index contributed by atoms with van der Waals surface area (Å²) in [5.74, 6) is 0.680. The molecule has 0 unspecified atom stereocenters. The lowest BCUT2D eigenvalue weighted by Crippen LogP contribution is -2.20. The first-order valence-corrected chi connectivity index (χ1v) is 9.72. The zero-order valence-electron chi connectivity index (χ0n) is 15.9. The van der Waals surface area contributed by atoms with E-state index in [1.807, 2.05) is 60.7 Å². The van der Waals surface area contributed by atoms with Crippen molar-refractivity contribution in [1.82, 2.24) is 0 Å². The largest absolute Gasteiger partial charge is 0.399 e. The van der Waals surface area contributed by atoms with Gasteiger partial charge in [-0.1, -0.05) is 44.0 Å². The van der Waals surface area contributed by atoms with E-state index in [1.54, 1.807) is 0 Å². The number of carbonyl (C=O) groups is 1. The summed E-state index contributed by atoms with van der Waals surface area (Å²) in [6.07, 6.45) is 9.28. The van der Waals surface area contributed by atoms with Crippen LogP contribution in [0.1, 0.15) is 50.2 Å². The summed E-state index contributed by atoms with van der Waals surface area (Å²) < 4.78 is 0. The molecule has 3 heteroatoms. The molecular formula is C24H28N2O. The van der Waals surface area contributed by atoms with Crippen LogP contribution in [-0.2, 0) is 4.79 Å². The van der Waals surface area contributed by atoms with Gasteiger partial charge in [0, 0.05) is 22.5 Å². The molecule has 0 heterocycles. The number of allylic oxidation sites excluding steroid dienone is 2. The van der Waals surface area contributed by atoms with Crippen molar-refractivity contribution < 1.29 is 4.79 Å². The minimum atomic E-state index is 0.163. The van der Waals surface area contributed by atoms with Gasteiger partial charge in [0.15, 0.2) is 5.78 Å². The molecule has 4 N–H and O–H groups in total. The van der Waals surface area contributed by atoms with Gasteiger partial charge in [-0.05, 0) is 72.7 Å². The molecule has 3 nitrogen and oxygen atoms in total. The summed E-state index contributed by atoms with van der Waals surface area (Å²) in [6.45, 7) is 2.21. The van der Waals surface area contributed by atoms with Crippen molar-refractivity contribution in [2.45, 2.75) is 39.0 Å². The van der Waals surface area contributed by atoms with Crippen molar-refractivity contribution in [3.05, 3.63) is 70.8 Å². The molecule has 140 valence electrons. The van der Waals surface area contributed by atoms with Crippen LogP contribution in [0.15, 0.2) is 59.7 Å². The lowest BCUT2D eigenvalue weighted by atomic mass is 9.78.